The topological polar surface area (TPSA) is 12.5 Å². The van der Waals surface area contributed by atoms with Gasteiger partial charge in [-0.3, -0.25) is 0 Å². The molecular formula is C6H11Cl3OSi. The van der Waals surface area contributed by atoms with Crippen LogP contribution < -0.4 is 0 Å². The summed E-state index contributed by atoms with van der Waals surface area (Å²) in [5.74, 6) is 0. The highest BCUT2D eigenvalue weighted by Gasteiger charge is 2.54. The van der Waals surface area contributed by atoms with Crippen LogP contribution in [0, 0.1) is 0 Å². The zero-order chi connectivity index (χ0) is 8.48. The molecule has 1 rings (SSSR count). The first-order valence-corrected chi connectivity index (χ1v) is 8.89. The Kier molecular flexibility index (Phi) is 3.53. The molecule has 0 radical (unpaired) electrons. The van der Waals surface area contributed by atoms with Gasteiger partial charge in [0, 0.05) is 0 Å². The van der Waals surface area contributed by atoms with Crippen molar-refractivity contribution < 1.29 is 4.74 Å². The molecule has 1 fully saturated rings. The van der Waals surface area contributed by atoms with Crippen molar-refractivity contribution in [2.24, 2.45) is 0 Å². The molecule has 0 aromatic heterocycles. The maximum Gasteiger partial charge on any atom is 0.371 e. The molecule has 2 unspecified atom stereocenters. The van der Waals surface area contributed by atoms with Gasteiger partial charge in [0.1, 0.15) is 5.73 Å². The van der Waals surface area contributed by atoms with E-state index >= 15 is 0 Å². The van der Waals surface area contributed by atoms with Gasteiger partial charge in [0.2, 0.25) is 0 Å². The monoisotopic (exact) mass is 232 g/mol. The van der Waals surface area contributed by atoms with Crippen LogP contribution >= 0.6 is 33.2 Å². The van der Waals surface area contributed by atoms with Crippen molar-refractivity contribution in [3.63, 3.8) is 0 Å². The highest BCUT2D eigenvalue weighted by atomic mass is 35.8. The second-order valence-corrected chi connectivity index (χ2v) is 11.5. The van der Waals surface area contributed by atoms with Crippen molar-refractivity contribution in [2.75, 3.05) is 0 Å². The van der Waals surface area contributed by atoms with Gasteiger partial charge in [-0.1, -0.05) is 19.8 Å². The molecule has 0 aromatic carbocycles. The molecular weight excluding hydrogens is 223 g/mol. The molecule has 0 N–H and O–H groups in total. The van der Waals surface area contributed by atoms with E-state index in [1.165, 1.54) is 6.42 Å². The molecule has 0 amide bonds. The highest BCUT2D eigenvalue weighted by molar-refractivity contribution is 7.65. The van der Waals surface area contributed by atoms with Crippen LogP contribution in [0.5, 0.6) is 0 Å². The third-order valence-corrected chi connectivity index (χ3v) is 4.84. The predicted molar refractivity (Wildman–Crippen MR) is 51.5 cm³/mol. The third-order valence-electron chi connectivity index (χ3n) is 1.75. The molecule has 66 valence electrons. The van der Waals surface area contributed by atoms with Crippen LogP contribution in [-0.2, 0) is 4.74 Å². The fourth-order valence-corrected chi connectivity index (χ4v) is 3.70. The molecule has 1 aliphatic rings. The normalized spacial score (nSPS) is 30.5. The Morgan fingerprint density at radius 1 is 1.36 bits per heavy atom. The first kappa shape index (κ1) is 10.1. The Bertz CT molecular complexity index is 136. The van der Waals surface area contributed by atoms with E-state index in [-0.39, 0.29) is 11.8 Å². The number of hydrogen-bond acceptors (Lipinski definition) is 1. The minimum absolute atomic E-state index is 0.0287. The van der Waals surface area contributed by atoms with Gasteiger partial charge in [-0.2, -0.15) is 0 Å². The molecule has 1 aliphatic heterocycles. The molecule has 0 saturated carbocycles. The molecule has 5 heteroatoms. The zero-order valence-electron chi connectivity index (χ0n) is 6.32. The summed E-state index contributed by atoms with van der Waals surface area (Å²) in [5.41, 5.74) is -0.0287. The lowest BCUT2D eigenvalue weighted by molar-refractivity contribution is 0.381. The van der Waals surface area contributed by atoms with Crippen LogP contribution in [0.2, 0.25) is 0 Å². The Morgan fingerprint density at radius 3 is 2.36 bits per heavy atom. The summed E-state index contributed by atoms with van der Waals surface area (Å²) in [6.07, 6.45) is 3.63. The molecule has 0 aromatic rings. The molecule has 0 spiro atoms. The fourth-order valence-electron chi connectivity index (χ4n) is 1.06. The SMILES string of the molecule is CCCCC1OC1[Si](Cl)(Cl)Cl. The maximum atomic E-state index is 5.75. The Labute approximate surface area is 82.1 Å². The van der Waals surface area contributed by atoms with Gasteiger partial charge in [-0.15, -0.1) is 33.2 Å². The smallest absolute Gasteiger partial charge is 0.369 e. The van der Waals surface area contributed by atoms with E-state index in [9.17, 15) is 0 Å². The van der Waals surface area contributed by atoms with E-state index < -0.39 is 6.00 Å². The van der Waals surface area contributed by atoms with Crippen LogP contribution in [0.25, 0.3) is 0 Å². The number of halogens is 3. The van der Waals surface area contributed by atoms with E-state index in [4.69, 9.17) is 38.0 Å². The predicted octanol–water partition coefficient (Wildman–Crippen LogP) is 3.14. The average molecular weight is 234 g/mol. The Hall–Kier alpha value is 1.05. The van der Waals surface area contributed by atoms with E-state index in [0.29, 0.717) is 0 Å². The van der Waals surface area contributed by atoms with Crippen LogP contribution in [-0.4, -0.2) is 17.8 Å². The van der Waals surface area contributed by atoms with Crippen molar-refractivity contribution in [3.8, 4) is 0 Å². The van der Waals surface area contributed by atoms with Crippen molar-refractivity contribution >= 4 is 39.2 Å². The molecule has 1 saturated heterocycles. The summed E-state index contributed by atoms with van der Waals surface area (Å²) < 4.78 is 5.25. The quantitative estimate of drug-likeness (QED) is 0.413. The summed E-state index contributed by atoms with van der Waals surface area (Å²) in [6, 6.07) is -2.54. The first-order valence-electron chi connectivity index (χ1n) is 3.78. The lowest BCUT2D eigenvalue weighted by atomic mass is 10.2. The number of hydrogen-bond donors (Lipinski definition) is 0. The van der Waals surface area contributed by atoms with Crippen LogP contribution in [0.15, 0.2) is 0 Å². The fraction of sp³-hybridized carbons (Fsp3) is 1.00. The van der Waals surface area contributed by atoms with Gasteiger partial charge < -0.3 is 4.74 Å². The second kappa shape index (κ2) is 3.84. The van der Waals surface area contributed by atoms with Gasteiger partial charge in [0.25, 0.3) is 0 Å². The van der Waals surface area contributed by atoms with E-state index in [1.807, 2.05) is 0 Å². The Balaban J connectivity index is 2.16. The molecule has 2 atom stereocenters. The van der Waals surface area contributed by atoms with Crippen molar-refractivity contribution in [1.29, 1.82) is 0 Å². The van der Waals surface area contributed by atoms with Crippen LogP contribution in [0.3, 0.4) is 0 Å². The zero-order valence-corrected chi connectivity index (χ0v) is 9.59. The molecule has 0 bridgehead atoms. The summed E-state index contributed by atoms with van der Waals surface area (Å²) >= 11 is 17.2. The minimum atomic E-state index is -2.54. The van der Waals surface area contributed by atoms with Gasteiger partial charge >= 0.3 is 6.00 Å². The number of unbranched alkanes of at least 4 members (excludes halogenated alkanes) is 1. The van der Waals surface area contributed by atoms with Crippen LogP contribution in [0.1, 0.15) is 26.2 Å². The molecule has 0 aliphatic carbocycles. The van der Waals surface area contributed by atoms with Crippen molar-refractivity contribution in [2.45, 2.75) is 38.0 Å². The summed E-state index contributed by atoms with van der Waals surface area (Å²) in [6.45, 7) is 2.14. The standard InChI is InChI=1S/C6H11Cl3OSi/c1-2-3-4-5-6(10-5)11(7,8)9/h5-6H,2-4H2,1H3. The van der Waals surface area contributed by atoms with Crippen LogP contribution in [0.4, 0.5) is 0 Å². The van der Waals surface area contributed by atoms with Gasteiger partial charge in [-0.25, -0.2) is 0 Å². The lowest BCUT2D eigenvalue weighted by Gasteiger charge is -2.00. The van der Waals surface area contributed by atoms with E-state index in [0.717, 1.165) is 12.8 Å². The first-order chi connectivity index (χ1) is 5.05. The van der Waals surface area contributed by atoms with E-state index in [1.54, 1.807) is 0 Å². The number of ether oxygens (including phenoxy) is 1. The molecule has 1 nitrogen and oxygen atoms in total. The van der Waals surface area contributed by atoms with E-state index in [2.05, 4.69) is 6.92 Å². The minimum Gasteiger partial charge on any atom is -0.369 e. The summed E-state index contributed by atoms with van der Waals surface area (Å²) in [5, 5.41) is 0. The van der Waals surface area contributed by atoms with Crippen molar-refractivity contribution in [3.05, 3.63) is 0 Å². The third kappa shape index (κ3) is 3.11. The summed E-state index contributed by atoms with van der Waals surface area (Å²) in [4.78, 5) is 0. The van der Waals surface area contributed by atoms with Gasteiger partial charge in [0.15, 0.2) is 0 Å². The summed E-state index contributed by atoms with van der Waals surface area (Å²) in [7, 11) is 0. The number of rotatable bonds is 4. The second-order valence-electron chi connectivity index (χ2n) is 2.78. The molecule has 1 heterocycles. The largest absolute Gasteiger partial charge is 0.371 e. The number of epoxide rings is 1. The average Bonchev–Trinajstić information content (AvgIpc) is 2.60. The maximum absolute atomic E-state index is 5.75. The lowest BCUT2D eigenvalue weighted by Crippen LogP contribution is -2.21. The van der Waals surface area contributed by atoms with Gasteiger partial charge in [0.05, 0.1) is 6.10 Å². The highest BCUT2D eigenvalue weighted by Crippen LogP contribution is 2.41. The van der Waals surface area contributed by atoms with Gasteiger partial charge in [-0.05, 0) is 6.42 Å². The Morgan fingerprint density at radius 2 is 2.00 bits per heavy atom. The molecule has 11 heavy (non-hydrogen) atoms. The van der Waals surface area contributed by atoms with Crippen molar-refractivity contribution in [1.82, 2.24) is 0 Å².